The molecule has 4 atom stereocenters. The van der Waals surface area contributed by atoms with Crippen LogP contribution >= 0.6 is 15.9 Å². The van der Waals surface area contributed by atoms with Gasteiger partial charge in [-0.1, -0.05) is 76.6 Å². The van der Waals surface area contributed by atoms with Gasteiger partial charge in [-0.15, -0.1) is 0 Å². The normalized spacial score (nSPS) is 30.8. The third-order valence-corrected chi connectivity index (χ3v) is 9.74. The van der Waals surface area contributed by atoms with E-state index >= 15 is 0 Å². The maximum absolute atomic E-state index is 14.4. The van der Waals surface area contributed by atoms with Gasteiger partial charge in [0.15, 0.2) is 0 Å². The van der Waals surface area contributed by atoms with E-state index in [1.807, 2.05) is 86.7 Å². The van der Waals surface area contributed by atoms with Crippen molar-refractivity contribution in [1.29, 1.82) is 0 Å². The highest BCUT2D eigenvalue weighted by molar-refractivity contribution is 9.10. The molecule has 2 aliphatic heterocycles. The average Bonchev–Trinajstić information content (AvgIpc) is 3.37. The van der Waals surface area contributed by atoms with Gasteiger partial charge in [-0.05, 0) is 54.8 Å². The fraction of sp³-hybridized carbons (Fsp3) is 0.250. The number of aryl methyl sites for hydroxylation is 2. The summed E-state index contributed by atoms with van der Waals surface area (Å²) in [4.78, 5) is 59.7. The van der Waals surface area contributed by atoms with Crippen LogP contribution in [0.4, 0.5) is 11.4 Å². The molecule has 2 saturated heterocycles. The van der Waals surface area contributed by atoms with Crippen molar-refractivity contribution in [3.8, 4) is 0 Å². The summed E-state index contributed by atoms with van der Waals surface area (Å²) in [5.41, 5.74) is 2.35. The average molecular weight is 581 g/mol. The maximum Gasteiger partial charge on any atom is 0.238 e. The van der Waals surface area contributed by atoms with Crippen LogP contribution < -0.4 is 9.80 Å². The highest BCUT2D eigenvalue weighted by atomic mass is 79.9. The monoisotopic (exact) mass is 580 g/mol. The zero-order valence-electron chi connectivity index (χ0n) is 21.4. The number of para-hydroxylation sites is 2. The van der Waals surface area contributed by atoms with Crippen molar-refractivity contribution >= 4 is 50.9 Å². The number of hydrogen-bond acceptors (Lipinski definition) is 4. The third kappa shape index (κ3) is 3.02. The molecule has 7 heteroatoms. The molecule has 8 rings (SSSR count). The lowest BCUT2D eigenvalue weighted by molar-refractivity contribution is -0.140. The molecule has 1 saturated carbocycles. The Kier molecular flexibility index (Phi) is 5.17. The Morgan fingerprint density at radius 3 is 1.56 bits per heavy atom. The summed E-state index contributed by atoms with van der Waals surface area (Å²) < 4.78 is 0.856. The molecule has 0 unspecified atom stereocenters. The third-order valence-electron chi connectivity index (χ3n) is 9.21. The predicted octanol–water partition coefficient (Wildman–Crippen LogP) is 5.11. The van der Waals surface area contributed by atoms with E-state index in [9.17, 15) is 19.2 Å². The van der Waals surface area contributed by atoms with Crippen molar-refractivity contribution in [1.82, 2.24) is 0 Å². The Bertz CT molecular complexity index is 1540. The van der Waals surface area contributed by atoms with Gasteiger partial charge in [0, 0.05) is 15.8 Å². The van der Waals surface area contributed by atoms with E-state index in [4.69, 9.17) is 0 Å². The number of allylic oxidation sites excluding steroid dienone is 2. The Labute approximate surface area is 234 Å². The van der Waals surface area contributed by atoms with Crippen LogP contribution in [0.5, 0.6) is 0 Å². The van der Waals surface area contributed by atoms with Gasteiger partial charge in [-0.3, -0.25) is 19.2 Å². The SMILES string of the molecule is Cc1ccccc1N1C(=O)[C@@H]2C3C=CC(c4ccc(Br)cc4)([C@H]2C1=O)[C@H]1C(=O)N(c2ccccc2C)C(=O)[C@H]31. The highest BCUT2D eigenvalue weighted by Gasteiger charge is 2.75. The van der Waals surface area contributed by atoms with Crippen LogP contribution in [-0.4, -0.2) is 23.6 Å². The lowest BCUT2D eigenvalue weighted by atomic mass is 9.45. The maximum atomic E-state index is 14.4. The minimum atomic E-state index is -1.14. The molecule has 2 heterocycles. The van der Waals surface area contributed by atoms with E-state index in [0.717, 1.165) is 21.2 Å². The van der Waals surface area contributed by atoms with Crippen molar-refractivity contribution in [2.45, 2.75) is 19.3 Å². The van der Waals surface area contributed by atoms with Crippen molar-refractivity contribution in [2.75, 3.05) is 9.80 Å². The molecule has 3 aliphatic carbocycles. The second-order valence-electron chi connectivity index (χ2n) is 11.0. The Morgan fingerprint density at radius 2 is 1.10 bits per heavy atom. The predicted molar refractivity (Wildman–Crippen MR) is 150 cm³/mol. The lowest BCUT2D eigenvalue weighted by Crippen LogP contribution is -2.60. The van der Waals surface area contributed by atoms with Gasteiger partial charge in [0.1, 0.15) is 0 Å². The summed E-state index contributed by atoms with van der Waals surface area (Å²) in [6.07, 6.45) is 3.87. The van der Waals surface area contributed by atoms with Crippen LogP contribution in [0, 0.1) is 43.4 Å². The molecule has 194 valence electrons. The molecule has 3 fully saturated rings. The molecular formula is C32H25BrN2O4. The number of amides is 4. The number of nitrogens with zero attached hydrogens (tertiary/aromatic N) is 2. The smallest absolute Gasteiger partial charge is 0.238 e. The van der Waals surface area contributed by atoms with Gasteiger partial charge >= 0.3 is 0 Å². The van der Waals surface area contributed by atoms with Gasteiger partial charge in [0.25, 0.3) is 0 Å². The summed E-state index contributed by atoms with van der Waals surface area (Å²) in [5, 5.41) is 0. The van der Waals surface area contributed by atoms with Gasteiger partial charge in [-0.2, -0.15) is 0 Å². The van der Waals surface area contributed by atoms with Gasteiger partial charge < -0.3 is 0 Å². The molecule has 4 amide bonds. The summed E-state index contributed by atoms with van der Waals surface area (Å²) in [6, 6.07) is 22.2. The molecular weight excluding hydrogens is 556 g/mol. The van der Waals surface area contributed by atoms with Gasteiger partial charge in [0.2, 0.25) is 23.6 Å². The van der Waals surface area contributed by atoms with Crippen molar-refractivity contribution < 1.29 is 19.2 Å². The summed E-state index contributed by atoms with van der Waals surface area (Å²) in [5.74, 6) is -4.85. The number of benzene rings is 3. The van der Waals surface area contributed by atoms with E-state index in [1.165, 1.54) is 9.80 Å². The Hall–Kier alpha value is -3.84. The number of carbonyl (C=O) groups is 4. The molecule has 5 aliphatic rings. The minimum absolute atomic E-state index is 0.303. The van der Waals surface area contributed by atoms with E-state index in [0.29, 0.717) is 11.4 Å². The number of carbonyl (C=O) groups excluding carboxylic acids is 4. The Morgan fingerprint density at radius 1 is 0.641 bits per heavy atom. The van der Waals surface area contributed by atoms with Crippen LogP contribution in [0.15, 0.2) is 89.4 Å². The van der Waals surface area contributed by atoms with Crippen molar-refractivity contribution in [3.63, 3.8) is 0 Å². The molecule has 0 aromatic heterocycles. The van der Waals surface area contributed by atoms with Crippen molar-refractivity contribution in [3.05, 3.63) is 106 Å². The quantitative estimate of drug-likeness (QED) is 0.318. The highest BCUT2D eigenvalue weighted by Crippen LogP contribution is 2.65. The van der Waals surface area contributed by atoms with E-state index in [-0.39, 0.29) is 23.6 Å². The fourth-order valence-corrected chi connectivity index (χ4v) is 7.86. The second-order valence-corrected chi connectivity index (χ2v) is 11.9. The van der Waals surface area contributed by atoms with Gasteiger partial charge in [0.05, 0.1) is 35.0 Å². The van der Waals surface area contributed by atoms with Crippen LogP contribution in [0.1, 0.15) is 16.7 Å². The van der Waals surface area contributed by atoms with E-state index in [1.54, 1.807) is 12.1 Å². The van der Waals surface area contributed by atoms with E-state index in [2.05, 4.69) is 15.9 Å². The van der Waals surface area contributed by atoms with Crippen LogP contribution in [0.2, 0.25) is 0 Å². The largest absolute Gasteiger partial charge is 0.274 e. The molecule has 39 heavy (non-hydrogen) atoms. The number of halogens is 1. The summed E-state index contributed by atoms with van der Waals surface area (Å²) in [7, 11) is 0. The first-order valence-corrected chi connectivity index (χ1v) is 13.9. The first-order valence-electron chi connectivity index (χ1n) is 13.1. The number of imide groups is 2. The first-order chi connectivity index (χ1) is 18.8. The number of anilines is 2. The molecule has 0 N–H and O–H groups in total. The fourth-order valence-electron chi connectivity index (χ4n) is 7.59. The standard InChI is InChI=1S/C32H25BrN2O4/c1-17-7-3-5-9-22(17)34-28(36)24-21-15-16-32(26(24)30(34)38,19-11-13-20(33)14-12-19)27-25(21)29(37)35(31(27)39)23-10-6-4-8-18(23)2/h3-16,21,24-27H,1-2H3/t21?,24-,25-,26-,27-,32?/m1/s1. The van der Waals surface area contributed by atoms with Crippen LogP contribution in [0.3, 0.4) is 0 Å². The molecule has 6 nitrogen and oxygen atoms in total. The zero-order chi connectivity index (χ0) is 27.2. The minimum Gasteiger partial charge on any atom is -0.274 e. The van der Waals surface area contributed by atoms with E-state index < -0.39 is 35.0 Å². The summed E-state index contributed by atoms with van der Waals surface area (Å²) >= 11 is 3.49. The molecule has 0 radical (unpaired) electrons. The van der Waals surface area contributed by atoms with Crippen LogP contribution in [-0.2, 0) is 24.6 Å². The lowest BCUT2D eigenvalue weighted by Gasteiger charge is -2.53. The molecule has 2 bridgehead atoms. The molecule has 3 aromatic rings. The number of rotatable bonds is 3. The number of hydrogen-bond donors (Lipinski definition) is 0. The zero-order valence-corrected chi connectivity index (χ0v) is 23.0. The second kappa shape index (κ2) is 8.33. The molecule has 0 spiro atoms. The topological polar surface area (TPSA) is 74.8 Å². The molecule has 3 aromatic carbocycles. The van der Waals surface area contributed by atoms with Gasteiger partial charge in [-0.25, -0.2) is 9.80 Å². The van der Waals surface area contributed by atoms with Crippen molar-refractivity contribution in [2.24, 2.45) is 29.6 Å². The van der Waals surface area contributed by atoms with Crippen LogP contribution in [0.25, 0.3) is 0 Å². The Balaban J connectivity index is 1.45. The summed E-state index contributed by atoms with van der Waals surface area (Å²) in [6.45, 7) is 3.74. The first kappa shape index (κ1) is 24.2.